The molecule has 0 saturated heterocycles. The van der Waals surface area contributed by atoms with E-state index in [2.05, 4.69) is 5.32 Å². The van der Waals surface area contributed by atoms with Crippen molar-refractivity contribution in [3.05, 3.63) is 52.5 Å². The number of aryl methyl sites for hydroxylation is 1. The van der Waals surface area contributed by atoms with Gasteiger partial charge in [0.05, 0.1) is 6.04 Å². The number of hydrogen-bond acceptors (Lipinski definition) is 3. The Balaban J connectivity index is 2.25. The summed E-state index contributed by atoms with van der Waals surface area (Å²) in [7, 11) is 0. The average Bonchev–Trinajstić information content (AvgIpc) is 2.35. The molecule has 2 rings (SSSR count). The third-order valence-corrected chi connectivity index (χ3v) is 3.27. The summed E-state index contributed by atoms with van der Waals surface area (Å²) in [5.41, 5.74) is 2.62. The molecule has 0 aliphatic carbocycles. The first-order valence-corrected chi connectivity index (χ1v) is 6.39. The molecule has 3 nitrogen and oxygen atoms in total. The molecule has 0 amide bonds. The maximum atomic E-state index is 9.82. The maximum absolute atomic E-state index is 9.82. The highest BCUT2D eigenvalue weighted by molar-refractivity contribution is 6.30. The molecule has 0 bridgehead atoms. The Labute approximate surface area is 117 Å². The Hall–Kier alpha value is -1.87. The molecule has 3 N–H and O–H groups in total. The van der Waals surface area contributed by atoms with Crippen molar-refractivity contribution in [3.63, 3.8) is 0 Å². The van der Waals surface area contributed by atoms with Crippen molar-refractivity contribution in [2.45, 2.75) is 19.9 Å². The van der Waals surface area contributed by atoms with Gasteiger partial charge in [-0.15, -0.1) is 0 Å². The molecular weight excluding hydrogens is 262 g/mol. The van der Waals surface area contributed by atoms with Gasteiger partial charge in [0.1, 0.15) is 11.5 Å². The van der Waals surface area contributed by atoms with Crippen LogP contribution in [0.15, 0.2) is 36.4 Å². The average molecular weight is 278 g/mol. The van der Waals surface area contributed by atoms with Crippen LogP contribution in [0.25, 0.3) is 0 Å². The number of benzene rings is 2. The zero-order chi connectivity index (χ0) is 14.0. The van der Waals surface area contributed by atoms with Crippen LogP contribution in [-0.2, 0) is 0 Å². The van der Waals surface area contributed by atoms with E-state index in [0.717, 1.165) is 11.3 Å². The molecule has 0 heterocycles. The molecule has 4 heteroatoms. The van der Waals surface area contributed by atoms with Crippen LogP contribution in [0.3, 0.4) is 0 Å². The second-order valence-corrected chi connectivity index (χ2v) is 5.00. The van der Waals surface area contributed by atoms with Crippen molar-refractivity contribution in [2.75, 3.05) is 5.32 Å². The lowest BCUT2D eigenvalue weighted by Gasteiger charge is -2.18. The van der Waals surface area contributed by atoms with E-state index in [4.69, 9.17) is 11.6 Å². The van der Waals surface area contributed by atoms with Crippen molar-refractivity contribution in [2.24, 2.45) is 0 Å². The molecule has 2 aromatic carbocycles. The summed E-state index contributed by atoms with van der Waals surface area (Å²) in [6.07, 6.45) is 0. The molecule has 100 valence electrons. The molecule has 0 aliphatic heterocycles. The van der Waals surface area contributed by atoms with E-state index in [9.17, 15) is 10.2 Å². The molecule has 0 spiro atoms. The Morgan fingerprint density at radius 2 is 1.84 bits per heavy atom. The minimum Gasteiger partial charge on any atom is -0.508 e. The number of phenols is 2. The van der Waals surface area contributed by atoms with Crippen LogP contribution < -0.4 is 5.32 Å². The molecule has 0 aliphatic rings. The molecule has 1 unspecified atom stereocenters. The largest absolute Gasteiger partial charge is 0.508 e. The summed E-state index contributed by atoms with van der Waals surface area (Å²) in [4.78, 5) is 0. The van der Waals surface area contributed by atoms with E-state index in [1.165, 1.54) is 12.1 Å². The van der Waals surface area contributed by atoms with Crippen LogP contribution in [-0.4, -0.2) is 10.2 Å². The normalized spacial score (nSPS) is 12.2. The van der Waals surface area contributed by atoms with Gasteiger partial charge in [0.25, 0.3) is 0 Å². The van der Waals surface area contributed by atoms with Crippen LogP contribution in [0, 0.1) is 6.92 Å². The van der Waals surface area contributed by atoms with Gasteiger partial charge < -0.3 is 15.5 Å². The summed E-state index contributed by atoms with van der Waals surface area (Å²) in [5, 5.41) is 23.3. The first-order valence-electron chi connectivity index (χ1n) is 6.02. The summed E-state index contributed by atoms with van der Waals surface area (Å²) in [5.74, 6) is 0.290. The highest BCUT2D eigenvalue weighted by atomic mass is 35.5. The van der Waals surface area contributed by atoms with Gasteiger partial charge in [-0.1, -0.05) is 11.6 Å². The highest BCUT2D eigenvalue weighted by Crippen LogP contribution is 2.31. The Morgan fingerprint density at radius 1 is 1.11 bits per heavy atom. The van der Waals surface area contributed by atoms with Gasteiger partial charge in [-0.3, -0.25) is 0 Å². The number of halogens is 1. The lowest BCUT2D eigenvalue weighted by molar-refractivity contribution is 0.451. The molecule has 2 aromatic rings. The van der Waals surface area contributed by atoms with Gasteiger partial charge in [-0.2, -0.15) is 0 Å². The van der Waals surface area contributed by atoms with E-state index >= 15 is 0 Å². The minimum atomic E-state index is -0.132. The van der Waals surface area contributed by atoms with E-state index < -0.39 is 0 Å². The fourth-order valence-corrected chi connectivity index (χ4v) is 2.22. The van der Waals surface area contributed by atoms with E-state index in [1.54, 1.807) is 6.07 Å². The molecule has 0 saturated carbocycles. The summed E-state index contributed by atoms with van der Waals surface area (Å²) in [6, 6.07) is 9.94. The van der Waals surface area contributed by atoms with E-state index in [1.807, 2.05) is 32.0 Å². The third-order valence-electron chi connectivity index (χ3n) is 3.04. The van der Waals surface area contributed by atoms with Crippen molar-refractivity contribution in [1.82, 2.24) is 0 Å². The third kappa shape index (κ3) is 3.12. The van der Waals surface area contributed by atoms with Crippen molar-refractivity contribution >= 4 is 17.3 Å². The van der Waals surface area contributed by atoms with Crippen LogP contribution in [0.5, 0.6) is 11.5 Å². The fraction of sp³-hybridized carbons (Fsp3) is 0.200. The number of aromatic hydroxyl groups is 2. The number of rotatable bonds is 3. The van der Waals surface area contributed by atoms with Crippen LogP contribution in [0.4, 0.5) is 5.69 Å². The van der Waals surface area contributed by atoms with Crippen LogP contribution >= 0.6 is 11.6 Å². The number of phenolic OH excluding ortho intramolecular Hbond substituents is 2. The molecular formula is C15H16ClNO2. The second-order valence-electron chi connectivity index (χ2n) is 4.57. The quantitative estimate of drug-likeness (QED) is 0.736. The SMILES string of the molecule is Cc1cc(Cl)ccc1NC(C)c1cc(O)ccc1O. The highest BCUT2D eigenvalue weighted by Gasteiger charge is 2.12. The summed E-state index contributed by atoms with van der Waals surface area (Å²) in [6.45, 7) is 3.88. The lowest BCUT2D eigenvalue weighted by Crippen LogP contribution is -2.07. The summed E-state index contributed by atoms with van der Waals surface area (Å²) >= 11 is 5.92. The van der Waals surface area contributed by atoms with Gasteiger partial charge in [-0.05, 0) is 55.8 Å². The maximum Gasteiger partial charge on any atom is 0.121 e. The minimum absolute atomic E-state index is 0.132. The smallest absolute Gasteiger partial charge is 0.121 e. The number of anilines is 1. The predicted molar refractivity (Wildman–Crippen MR) is 78.0 cm³/mol. The van der Waals surface area contributed by atoms with Crippen molar-refractivity contribution in [3.8, 4) is 11.5 Å². The zero-order valence-electron chi connectivity index (χ0n) is 10.8. The molecule has 0 fully saturated rings. The molecule has 19 heavy (non-hydrogen) atoms. The Morgan fingerprint density at radius 3 is 2.53 bits per heavy atom. The molecule has 1 atom stereocenters. The van der Waals surface area contributed by atoms with E-state index in [-0.39, 0.29) is 17.5 Å². The Bertz CT molecular complexity index is 599. The topological polar surface area (TPSA) is 52.5 Å². The first-order chi connectivity index (χ1) is 8.97. The fourth-order valence-electron chi connectivity index (χ4n) is 1.99. The first kappa shape index (κ1) is 13.6. The second kappa shape index (κ2) is 5.41. The lowest BCUT2D eigenvalue weighted by atomic mass is 10.1. The molecule has 0 radical (unpaired) electrons. The van der Waals surface area contributed by atoms with Gasteiger partial charge in [-0.25, -0.2) is 0 Å². The Kier molecular flexibility index (Phi) is 3.86. The standard InChI is InChI=1S/C15H16ClNO2/c1-9-7-11(16)3-5-14(9)17-10(2)13-8-12(18)4-6-15(13)19/h3-8,10,17-19H,1-2H3. The van der Waals surface area contributed by atoms with Gasteiger partial charge in [0.2, 0.25) is 0 Å². The monoisotopic (exact) mass is 277 g/mol. The van der Waals surface area contributed by atoms with Gasteiger partial charge in [0, 0.05) is 16.3 Å². The van der Waals surface area contributed by atoms with Crippen molar-refractivity contribution in [1.29, 1.82) is 0 Å². The number of hydrogen-bond donors (Lipinski definition) is 3. The summed E-state index contributed by atoms with van der Waals surface area (Å²) < 4.78 is 0. The zero-order valence-corrected chi connectivity index (χ0v) is 11.6. The van der Waals surface area contributed by atoms with Crippen LogP contribution in [0.1, 0.15) is 24.1 Å². The number of nitrogens with one attached hydrogen (secondary N) is 1. The molecule has 0 aromatic heterocycles. The van der Waals surface area contributed by atoms with Crippen LogP contribution in [0.2, 0.25) is 5.02 Å². The van der Waals surface area contributed by atoms with Gasteiger partial charge in [0.15, 0.2) is 0 Å². The van der Waals surface area contributed by atoms with Gasteiger partial charge >= 0.3 is 0 Å². The van der Waals surface area contributed by atoms with Crippen molar-refractivity contribution < 1.29 is 10.2 Å². The predicted octanol–water partition coefficient (Wildman–Crippen LogP) is 4.23. The van der Waals surface area contributed by atoms with E-state index in [0.29, 0.717) is 10.6 Å².